The van der Waals surface area contributed by atoms with Gasteiger partial charge in [0.15, 0.2) is 0 Å². The van der Waals surface area contributed by atoms with Crippen LogP contribution in [0, 0.1) is 0 Å². The molecule has 0 fully saturated rings. The monoisotopic (exact) mass is 462 g/mol. The van der Waals surface area contributed by atoms with Crippen LogP contribution in [0.2, 0.25) is 10.4 Å². The molecule has 7 nitrogen and oxygen atoms in total. The Balaban J connectivity index is 2.07. The van der Waals surface area contributed by atoms with Crippen molar-refractivity contribution in [2.24, 2.45) is 0 Å². The van der Waals surface area contributed by atoms with Crippen LogP contribution in [0.3, 0.4) is 0 Å². The fourth-order valence-electron chi connectivity index (χ4n) is 2.88. The molecular weight excluding hydrogens is 435 g/mol. The Morgan fingerprint density at radius 2 is 1.72 bits per heavy atom. The van der Waals surface area contributed by atoms with E-state index in [4.69, 9.17) is 14.6 Å². The molecule has 0 radical (unpaired) electrons. The van der Waals surface area contributed by atoms with Gasteiger partial charge in [-0.25, -0.2) is 0 Å². The molecule has 29 heavy (non-hydrogen) atoms. The van der Waals surface area contributed by atoms with Crippen LogP contribution in [-0.4, -0.2) is 54.5 Å². The van der Waals surface area contributed by atoms with Gasteiger partial charge >= 0.3 is 176 Å². The number of rotatable bonds is 13. The summed E-state index contributed by atoms with van der Waals surface area (Å²) in [5.41, 5.74) is 1.58. The molecule has 0 aliphatic heterocycles. The van der Waals surface area contributed by atoms with E-state index in [0.29, 0.717) is 18.0 Å². The minimum atomic E-state index is -1.94. The number of benzene rings is 1. The van der Waals surface area contributed by atoms with Gasteiger partial charge in [0.25, 0.3) is 0 Å². The van der Waals surface area contributed by atoms with Crippen LogP contribution in [0.4, 0.5) is 0 Å². The van der Waals surface area contributed by atoms with Crippen LogP contribution in [0.25, 0.3) is 0 Å². The second-order valence-electron chi connectivity index (χ2n) is 6.51. The molecule has 156 valence electrons. The number of aliphatic carboxylic acids is 1. The van der Waals surface area contributed by atoms with Gasteiger partial charge in [0, 0.05) is 0 Å². The van der Waals surface area contributed by atoms with Gasteiger partial charge in [-0.05, 0) is 0 Å². The molecule has 1 aromatic carbocycles. The normalized spacial score (nSPS) is 11.7. The van der Waals surface area contributed by atoms with Gasteiger partial charge in [-0.15, -0.1) is 0 Å². The van der Waals surface area contributed by atoms with Crippen LogP contribution < -0.4 is 9.47 Å². The number of carboxylic acids is 1. The number of unbranched alkanes of at least 4 members (excludes halogenated alkanes) is 1. The third-order valence-electron chi connectivity index (χ3n) is 4.39. The van der Waals surface area contributed by atoms with Crippen molar-refractivity contribution in [1.82, 2.24) is 9.97 Å². The van der Waals surface area contributed by atoms with Crippen molar-refractivity contribution < 1.29 is 24.2 Å². The number of carboxylic acid groups (broad SMARTS) is 1. The standard InChI is InChI=1S/C21H27AsN2O5/c1-28-18-15-17(23-21(24-18)29-2)20(27)22(13-7-6-12-19(25)26)14-8-11-16-9-4-3-5-10-16/h3-5,9-10,15H,6-8,11-14H2,1-2H3,(H,25,26). The van der Waals surface area contributed by atoms with E-state index in [-0.39, 0.29) is 17.0 Å². The summed E-state index contributed by atoms with van der Waals surface area (Å²) in [5, 5.41) is 10.5. The molecule has 1 atom stereocenters. The second kappa shape index (κ2) is 12.2. The fourth-order valence-corrected chi connectivity index (χ4v) is 7.53. The Morgan fingerprint density at radius 3 is 2.38 bits per heavy atom. The summed E-state index contributed by atoms with van der Waals surface area (Å²) in [7, 11) is 2.93. The van der Waals surface area contributed by atoms with Crippen molar-refractivity contribution in [1.29, 1.82) is 0 Å². The quantitative estimate of drug-likeness (QED) is 0.359. The summed E-state index contributed by atoms with van der Waals surface area (Å²) in [4.78, 5) is 32.2. The number of ether oxygens (including phenoxy) is 2. The molecule has 0 bridgehead atoms. The first kappa shape index (κ1) is 22.9. The van der Waals surface area contributed by atoms with Crippen LogP contribution in [0.1, 0.15) is 41.7 Å². The number of carbonyl (C=O) groups is 2. The van der Waals surface area contributed by atoms with E-state index in [9.17, 15) is 9.59 Å². The Hall–Kier alpha value is -2.40. The van der Waals surface area contributed by atoms with Crippen LogP contribution in [-0.2, 0) is 11.2 Å². The van der Waals surface area contributed by atoms with Gasteiger partial charge < -0.3 is 0 Å². The van der Waals surface area contributed by atoms with E-state index >= 15 is 0 Å². The number of methoxy groups -OCH3 is 2. The Labute approximate surface area is 175 Å². The number of hydrogen-bond donors (Lipinski definition) is 1. The summed E-state index contributed by atoms with van der Waals surface area (Å²) in [6, 6.07) is 11.9. The Kier molecular flexibility index (Phi) is 9.64. The van der Waals surface area contributed by atoms with Crippen molar-refractivity contribution in [2.45, 2.75) is 42.5 Å². The molecule has 1 heterocycles. The van der Waals surface area contributed by atoms with Crippen LogP contribution in [0.15, 0.2) is 36.4 Å². The minimum absolute atomic E-state index is 0.0555. The first-order chi connectivity index (χ1) is 14.0. The molecule has 0 saturated heterocycles. The zero-order valence-corrected chi connectivity index (χ0v) is 18.7. The molecule has 0 amide bonds. The van der Waals surface area contributed by atoms with Gasteiger partial charge in [0.05, 0.1) is 0 Å². The summed E-state index contributed by atoms with van der Waals surface area (Å²) >= 11 is -1.94. The SMILES string of the molecule is COc1cc(C(=O)[As](CCCCC(=O)O)CCCc2ccccc2)nc(OC)n1. The number of aromatic nitrogens is 2. The van der Waals surface area contributed by atoms with E-state index in [0.717, 1.165) is 29.7 Å². The molecular formula is C21H27AsN2O5. The average Bonchev–Trinajstić information content (AvgIpc) is 2.75. The number of hydrogen-bond acceptors (Lipinski definition) is 6. The van der Waals surface area contributed by atoms with E-state index in [1.807, 2.05) is 18.2 Å². The Morgan fingerprint density at radius 1 is 1.00 bits per heavy atom. The topological polar surface area (TPSA) is 98.6 Å². The number of carbonyl (C=O) groups excluding carboxylic acids is 1. The van der Waals surface area contributed by atoms with Crippen molar-refractivity contribution in [3.8, 4) is 11.9 Å². The summed E-state index contributed by atoms with van der Waals surface area (Å²) in [6.45, 7) is 0. The van der Waals surface area contributed by atoms with E-state index in [1.165, 1.54) is 19.8 Å². The maximum absolute atomic E-state index is 13.2. The third-order valence-corrected chi connectivity index (χ3v) is 9.66. The molecule has 0 saturated carbocycles. The molecule has 1 aromatic heterocycles. The summed E-state index contributed by atoms with van der Waals surface area (Å²) < 4.78 is 10.3. The predicted octanol–water partition coefficient (Wildman–Crippen LogP) is 3.60. The van der Waals surface area contributed by atoms with Gasteiger partial charge in [-0.3, -0.25) is 0 Å². The molecule has 0 aliphatic carbocycles. The summed E-state index contributed by atoms with van der Waals surface area (Å²) in [6.07, 6.45) is 3.31. The molecule has 1 unspecified atom stereocenters. The van der Waals surface area contributed by atoms with Crippen molar-refractivity contribution in [3.63, 3.8) is 0 Å². The number of aryl methyl sites for hydroxylation is 1. The third kappa shape index (κ3) is 7.86. The average molecular weight is 462 g/mol. The zero-order valence-electron chi connectivity index (χ0n) is 16.8. The molecule has 8 heteroatoms. The van der Waals surface area contributed by atoms with E-state index in [2.05, 4.69) is 22.1 Å². The van der Waals surface area contributed by atoms with Gasteiger partial charge in [0.1, 0.15) is 0 Å². The predicted molar refractivity (Wildman–Crippen MR) is 111 cm³/mol. The zero-order chi connectivity index (χ0) is 21.1. The Bertz CT molecular complexity index is 779. The van der Waals surface area contributed by atoms with Gasteiger partial charge in [0.2, 0.25) is 0 Å². The second-order valence-corrected chi connectivity index (χ2v) is 11.5. The van der Waals surface area contributed by atoms with Crippen molar-refractivity contribution >= 4 is 25.2 Å². The van der Waals surface area contributed by atoms with E-state index < -0.39 is 20.6 Å². The van der Waals surface area contributed by atoms with Crippen molar-refractivity contribution in [2.75, 3.05) is 14.2 Å². The van der Waals surface area contributed by atoms with Crippen molar-refractivity contribution in [3.05, 3.63) is 47.7 Å². The van der Waals surface area contributed by atoms with E-state index in [1.54, 1.807) is 6.07 Å². The molecule has 2 aromatic rings. The summed E-state index contributed by atoms with van der Waals surface area (Å²) in [5.74, 6) is -0.506. The van der Waals surface area contributed by atoms with Crippen LogP contribution in [0.5, 0.6) is 11.9 Å². The van der Waals surface area contributed by atoms with Crippen LogP contribution >= 0.6 is 0 Å². The van der Waals surface area contributed by atoms with Gasteiger partial charge in [-0.2, -0.15) is 0 Å². The maximum atomic E-state index is 13.2. The molecule has 0 spiro atoms. The number of nitrogens with zero attached hydrogens (tertiary/aromatic N) is 2. The molecule has 2 rings (SSSR count). The first-order valence-corrected chi connectivity index (χ1v) is 13.1. The molecule has 1 N–H and O–H groups in total. The molecule has 0 aliphatic rings. The van der Waals surface area contributed by atoms with Gasteiger partial charge in [-0.1, -0.05) is 0 Å². The fraction of sp³-hybridized carbons (Fsp3) is 0.429. The first-order valence-electron chi connectivity index (χ1n) is 9.55.